The number of fused-ring (bicyclic) bond motifs is 1. The third kappa shape index (κ3) is 2.36. The summed E-state index contributed by atoms with van der Waals surface area (Å²) in [5.74, 6) is 0. The third-order valence-electron chi connectivity index (χ3n) is 2.93. The largest absolute Gasteiger partial charge is 0.354 e. The highest BCUT2D eigenvalue weighted by Crippen LogP contribution is 2.29. The van der Waals surface area contributed by atoms with Crippen LogP contribution in [-0.2, 0) is 0 Å². The van der Waals surface area contributed by atoms with Gasteiger partial charge in [-0.25, -0.2) is 0 Å². The van der Waals surface area contributed by atoms with Gasteiger partial charge in [-0.2, -0.15) is 5.26 Å². The van der Waals surface area contributed by atoms with Gasteiger partial charge in [-0.3, -0.25) is 4.98 Å². The van der Waals surface area contributed by atoms with Crippen molar-refractivity contribution < 1.29 is 0 Å². The maximum absolute atomic E-state index is 9.26. The summed E-state index contributed by atoms with van der Waals surface area (Å²) in [6, 6.07) is 18.5. The molecule has 0 atom stereocenters. The summed E-state index contributed by atoms with van der Waals surface area (Å²) in [5.41, 5.74) is 3.01. The van der Waals surface area contributed by atoms with Crippen molar-refractivity contribution in [2.45, 2.75) is 0 Å². The fraction of sp³-hybridized carbons (Fsp3) is 0. The van der Waals surface area contributed by atoms with E-state index in [9.17, 15) is 5.26 Å². The second kappa shape index (κ2) is 5.32. The zero-order valence-electron chi connectivity index (χ0n) is 10.4. The first-order valence-corrected chi connectivity index (χ1v) is 6.79. The van der Waals surface area contributed by atoms with Crippen LogP contribution in [0.5, 0.6) is 0 Å². The van der Waals surface area contributed by atoms with Crippen LogP contribution in [0, 0.1) is 17.4 Å². The molecule has 0 amide bonds. The molecule has 3 nitrogen and oxygen atoms in total. The second-order valence-electron chi connectivity index (χ2n) is 4.24. The molecule has 4 heteroatoms. The van der Waals surface area contributed by atoms with Gasteiger partial charge in [0.05, 0.1) is 16.8 Å². The van der Waals surface area contributed by atoms with Crippen LogP contribution in [0.1, 0.15) is 5.56 Å². The van der Waals surface area contributed by atoms with Gasteiger partial charge in [-0.1, -0.05) is 28.1 Å². The first-order chi connectivity index (χ1) is 9.78. The highest BCUT2D eigenvalue weighted by atomic mass is 79.9. The molecule has 1 heterocycles. The number of halogens is 1. The Balaban J connectivity index is 2.17. The monoisotopic (exact) mass is 322 g/mol. The van der Waals surface area contributed by atoms with Crippen molar-refractivity contribution in [1.82, 2.24) is 4.98 Å². The number of hydrogen-bond donors (Lipinski definition) is 1. The fourth-order valence-electron chi connectivity index (χ4n) is 2.01. The van der Waals surface area contributed by atoms with Gasteiger partial charge in [0.1, 0.15) is 6.07 Å². The smallest absolute Gasteiger partial charge is 0.103 e. The van der Waals surface area contributed by atoms with Gasteiger partial charge in [0.2, 0.25) is 0 Å². The number of benzene rings is 2. The minimum atomic E-state index is 0.511. The lowest BCUT2D eigenvalue weighted by atomic mass is 10.1. The van der Waals surface area contributed by atoms with Gasteiger partial charge in [0.25, 0.3) is 0 Å². The third-order valence-corrected chi connectivity index (χ3v) is 3.42. The van der Waals surface area contributed by atoms with Crippen molar-refractivity contribution in [3.63, 3.8) is 0 Å². The van der Waals surface area contributed by atoms with Crippen molar-refractivity contribution >= 4 is 38.2 Å². The lowest BCUT2D eigenvalue weighted by Gasteiger charge is -2.11. The SMILES string of the molecule is N#Cc1cnc2cc[c]cc2c1Nc1cccc(Br)c1. The van der Waals surface area contributed by atoms with Crippen LogP contribution in [0.2, 0.25) is 0 Å². The predicted octanol–water partition coefficient (Wildman–Crippen LogP) is 4.41. The highest BCUT2D eigenvalue weighted by Gasteiger charge is 2.08. The zero-order valence-corrected chi connectivity index (χ0v) is 12.0. The van der Waals surface area contributed by atoms with Crippen LogP contribution in [0.15, 0.2) is 53.1 Å². The molecule has 0 bridgehead atoms. The van der Waals surface area contributed by atoms with Gasteiger partial charge in [0, 0.05) is 21.7 Å². The molecule has 0 aliphatic heterocycles. The van der Waals surface area contributed by atoms with Gasteiger partial charge >= 0.3 is 0 Å². The molecule has 1 radical (unpaired) electrons. The van der Waals surface area contributed by atoms with E-state index in [1.807, 2.05) is 42.5 Å². The second-order valence-corrected chi connectivity index (χ2v) is 5.15. The summed E-state index contributed by atoms with van der Waals surface area (Å²) < 4.78 is 0.978. The van der Waals surface area contributed by atoms with E-state index in [0.29, 0.717) is 5.56 Å². The number of pyridine rings is 1. The lowest BCUT2D eigenvalue weighted by Crippen LogP contribution is -1.96. The molecule has 0 saturated heterocycles. The van der Waals surface area contributed by atoms with E-state index < -0.39 is 0 Å². The Morgan fingerprint density at radius 1 is 1.30 bits per heavy atom. The Hall–Kier alpha value is -2.38. The molecule has 0 aliphatic carbocycles. The first kappa shape index (κ1) is 12.6. The molecule has 0 fully saturated rings. The van der Waals surface area contributed by atoms with Crippen molar-refractivity contribution in [2.75, 3.05) is 5.32 Å². The van der Waals surface area contributed by atoms with E-state index in [1.165, 1.54) is 0 Å². The number of anilines is 2. The first-order valence-electron chi connectivity index (χ1n) is 5.99. The van der Waals surface area contributed by atoms with Crippen molar-refractivity contribution in [3.05, 3.63) is 64.8 Å². The standard InChI is InChI=1S/C16H9BrN3/c17-12-4-3-5-13(8-12)20-16-11(9-18)10-19-15-7-2-1-6-14(15)16/h2-8,10H,(H,19,20). The van der Waals surface area contributed by atoms with Gasteiger partial charge in [-0.15, -0.1) is 0 Å². The van der Waals surface area contributed by atoms with Crippen molar-refractivity contribution in [1.29, 1.82) is 5.26 Å². The molecular formula is C16H9BrN3. The molecule has 1 aromatic heterocycles. The number of nitrogens with one attached hydrogen (secondary N) is 1. The normalized spacial score (nSPS) is 10.2. The van der Waals surface area contributed by atoms with Crippen LogP contribution in [0.25, 0.3) is 10.9 Å². The summed E-state index contributed by atoms with van der Waals surface area (Å²) in [6.45, 7) is 0. The molecule has 0 spiro atoms. The lowest BCUT2D eigenvalue weighted by molar-refractivity contribution is 1.36. The zero-order chi connectivity index (χ0) is 13.9. The Kier molecular flexibility index (Phi) is 3.36. The Morgan fingerprint density at radius 3 is 3.00 bits per heavy atom. The van der Waals surface area contributed by atoms with E-state index >= 15 is 0 Å². The van der Waals surface area contributed by atoms with Crippen LogP contribution in [0.3, 0.4) is 0 Å². The van der Waals surface area contributed by atoms with Gasteiger partial charge in [0.15, 0.2) is 0 Å². The van der Waals surface area contributed by atoms with Crippen LogP contribution < -0.4 is 5.32 Å². The number of hydrogen-bond acceptors (Lipinski definition) is 3. The van der Waals surface area contributed by atoms with Gasteiger partial charge in [-0.05, 0) is 36.4 Å². The van der Waals surface area contributed by atoms with Gasteiger partial charge < -0.3 is 5.32 Å². The Bertz CT molecular complexity index is 821. The van der Waals surface area contributed by atoms with E-state index in [-0.39, 0.29) is 0 Å². The number of aromatic nitrogens is 1. The molecule has 3 aromatic rings. The average molecular weight is 323 g/mol. The van der Waals surface area contributed by atoms with Crippen LogP contribution in [0.4, 0.5) is 11.4 Å². The number of nitrogens with zero attached hydrogens (tertiary/aromatic N) is 2. The van der Waals surface area contributed by atoms with Crippen molar-refractivity contribution in [2.24, 2.45) is 0 Å². The summed E-state index contributed by atoms with van der Waals surface area (Å²) in [7, 11) is 0. The molecule has 0 saturated carbocycles. The maximum Gasteiger partial charge on any atom is 0.103 e. The van der Waals surface area contributed by atoms with Crippen LogP contribution in [-0.4, -0.2) is 4.98 Å². The number of nitriles is 1. The quantitative estimate of drug-likeness (QED) is 0.760. The highest BCUT2D eigenvalue weighted by molar-refractivity contribution is 9.10. The molecule has 3 rings (SSSR count). The van der Waals surface area contributed by atoms with E-state index in [0.717, 1.165) is 26.8 Å². The van der Waals surface area contributed by atoms with Crippen molar-refractivity contribution in [3.8, 4) is 6.07 Å². The topological polar surface area (TPSA) is 48.7 Å². The molecule has 95 valence electrons. The summed E-state index contributed by atoms with van der Waals surface area (Å²) in [6.07, 6.45) is 1.59. The fourth-order valence-corrected chi connectivity index (χ4v) is 2.41. The van der Waals surface area contributed by atoms with Crippen LogP contribution >= 0.6 is 15.9 Å². The Morgan fingerprint density at radius 2 is 2.20 bits per heavy atom. The maximum atomic E-state index is 9.26. The summed E-state index contributed by atoms with van der Waals surface area (Å²) >= 11 is 3.44. The number of rotatable bonds is 2. The molecule has 2 aromatic carbocycles. The summed E-state index contributed by atoms with van der Waals surface area (Å²) in [4.78, 5) is 4.28. The molecule has 0 aliphatic rings. The minimum Gasteiger partial charge on any atom is -0.354 e. The molecule has 0 unspecified atom stereocenters. The predicted molar refractivity (Wildman–Crippen MR) is 82.7 cm³/mol. The molecule has 1 N–H and O–H groups in total. The van der Waals surface area contributed by atoms with E-state index in [2.05, 4.69) is 38.4 Å². The van der Waals surface area contributed by atoms with E-state index in [4.69, 9.17) is 0 Å². The Labute approximate surface area is 125 Å². The minimum absolute atomic E-state index is 0.511. The van der Waals surface area contributed by atoms with E-state index in [1.54, 1.807) is 6.20 Å². The summed E-state index contributed by atoms with van der Waals surface area (Å²) in [5, 5.41) is 13.4. The molecule has 20 heavy (non-hydrogen) atoms. The average Bonchev–Trinajstić information content (AvgIpc) is 2.48. The molecular weight excluding hydrogens is 314 g/mol.